The molecule has 58 heavy (non-hydrogen) atoms. The third-order valence-electron chi connectivity index (χ3n) is 8.71. The summed E-state index contributed by atoms with van der Waals surface area (Å²) in [4.78, 5) is 60.6. The predicted molar refractivity (Wildman–Crippen MR) is 228 cm³/mol. The van der Waals surface area contributed by atoms with Crippen LogP contribution in [-0.2, 0) is 33.9 Å². The predicted octanol–water partition coefficient (Wildman–Crippen LogP) is 8.72. The number of carbonyl (C=O) groups excluding carboxylic acids is 3. The monoisotopic (exact) mass is 849 g/mol. The molecule has 0 saturated carbocycles. The molecule has 6 heterocycles. The number of hydrogen-bond donors (Lipinski definition) is 3. The van der Waals surface area contributed by atoms with Gasteiger partial charge in [-0.2, -0.15) is 0 Å². The van der Waals surface area contributed by atoms with Gasteiger partial charge in [0.25, 0.3) is 0 Å². The van der Waals surface area contributed by atoms with E-state index in [4.69, 9.17) is 0 Å². The van der Waals surface area contributed by atoms with Gasteiger partial charge in [0.2, 0.25) is 17.7 Å². The molecule has 0 aliphatic rings. The van der Waals surface area contributed by atoms with Crippen LogP contribution in [0, 0.1) is 0 Å². The van der Waals surface area contributed by atoms with Crippen LogP contribution in [0.4, 0.5) is 17.1 Å². The van der Waals surface area contributed by atoms with Crippen molar-refractivity contribution in [3.63, 3.8) is 0 Å². The maximum Gasteiger partial charge on any atom is 0.247 e. The van der Waals surface area contributed by atoms with Crippen molar-refractivity contribution in [1.82, 2.24) is 29.9 Å². The summed E-state index contributed by atoms with van der Waals surface area (Å²) < 4.78 is 0. The molecule has 0 saturated heterocycles. The fraction of sp³-hybridized carbons (Fsp3) is 0. The minimum absolute atomic E-state index is 0. The molecule has 3 N–H and O–H groups in total. The average molecular weight is 849 g/mol. The first-order valence-electron chi connectivity index (χ1n) is 17.6. The van der Waals surface area contributed by atoms with Crippen LogP contribution in [0.15, 0.2) is 166 Å². The molecule has 0 fully saturated rings. The van der Waals surface area contributed by atoms with Crippen LogP contribution < -0.4 is 16.0 Å². The molecule has 9 rings (SSSR count). The van der Waals surface area contributed by atoms with Crippen molar-refractivity contribution >= 4 is 100 Å². The van der Waals surface area contributed by atoms with Gasteiger partial charge in [0.15, 0.2) is 0 Å². The quantitative estimate of drug-likeness (QED) is 0.0843. The summed E-state index contributed by atoms with van der Waals surface area (Å²) in [5, 5.41) is 13.8. The normalized spacial score (nSPS) is 10.3. The second-order valence-corrected chi connectivity index (χ2v) is 12.3. The number of anilines is 3. The first kappa shape index (κ1) is 40.0. The summed E-state index contributed by atoms with van der Waals surface area (Å²) in [6, 6.07) is 28.3. The summed E-state index contributed by atoms with van der Waals surface area (Å²) in [6.07, 6.45) is 14.1. The Morgan fingerprint density at radius 1 is 0.397 bits per heavy atom. The van der Waals surface area contributed by atoms with Crippen LogP contribution in [0.2, 0.25) is 0 Å². The molecule has 12 nitrogen and oxygen atoms in total. The first-order chi connectivity index (χ1) is 27.9. The standard InChI is InChI=1S/3C15H11N3O.Ru/c3*1-2-13(19)18-12-9-10-5-3-7-16-14(10)15-11(12)6-4-8-17-15;/h3*2-9H,1H2,(H,18,19);. The van der Waals surface area contributed by atoms with Crippen LogP contribution in [-0.4, -0.2) is 47.6 Å². The Bertz CT molecular complexity index is 2720. The van der Waals surface area contributed by atoms with E-state index in [0.717, 1.165) is 65.4 Å². The Morgan fingerprint density at radius 2 is 0.638 bits per heavy atom. The van der Waals surface area contributed by atoms with E-state index >= 15 is 0 Å². The first-order valence-corrected chi connectivity index (χ1v) is 17.6. The number of nitrogens with zero attached hydrogens (tertiary/aromatic N) is 6. The third-order valence-corrected chi connectivity index (χ3v) is 8.71. The Labute approximate surface area is 344 Å². The summed E-state index contributed by atoms with van der Waals surface area (Å²) in [7, 11) is 0. The molecule has 284 valence electrons. The van der Waals surface area contributed by atoms with Gasteiger partial charge < -0.3 is 16.0 Å². The van der Waals surface area contributed by atoms with Crippen LogP contribution in [0.5, 0.6) is 0 Å². The van der Waals surface area contributed by atoms with E-state index in [1.54, 1.807) is 37.2 Å². The van der Waals surface area contributed by atoms with E-state index in [2.05, 4.69) is 65.6 Å². The number of hydrogen-bond acceptors (Lipinski definition) is 9. The zero-order chi connectivity index (χ0) is 39.7. The van der Waals surface area contributed by atoms with Gasteiger partial charge in [-0.1, -0.05) is 37.9 Å². The smallest absolute Gasteiger partial charge is 0.247 e. The number of nitrogens with one attached hydrogen (secondary N) is 3. The van der Waals surface area contributed by atoms with Crippen LogP contribution >= 0.6 is 0 Å². The number of pyridine rings is 6. The van der Waals surface area contributed by atoms with E-state index in [9.17, 15) is 14.4 Å². The Balaban J connectivity index is 0.000000145. The summed E-state index contributed by atoms with van der Waals surface area (Å²) in [5.74, 6) is -0.727. The number of fused-ring (bicyclic) bond motifs is 9. The molecule has 0 aliphatic carbocycles. The van der Waals surface area contributed by atoms with Crippen molar-refractivity contribution in [2.75, 3.05) is 16.0 Å². The number of carbonyl (C=O) groups is 3. The summed E-state index contributed by atoms with van der Waals surface area (Å²) in [5.41, 5.74) is 6.97. The van der Waals surface area contributed by atoms with Gasteiger partial charge in [-0.15, -0.1) is 0 Å². The molecular formula is C45H33N9O3Ru. The Kier molecular flexibility index (Phi) is 12.7. The number of amides is 3. The van der Waals surface area contributed by atoms with Crippen molar-refractivity contribution in [3.8, 4) is 0 Å². The molecule has 3 aromatic carbocycles. The van der Waals surface area contributed by atoms with E-state index in [1.165, 1.54) is 18.2 Å². The molecule has 6 aromatic heterocycles. The second-order valence-electron chi connectivity index (χ2n) is 12.3. The molecule has 0 spiro atoms. The molecule has 3 amide bonds. The molecule has 0 bridgehead atoms. The average Bonchev–Trinajstić information content (AvgIpc) is 3.27. The molecule has 0 atom stereocenters. The van der Waals surface area contributed by atoms with Gasteiger partial charge in [0.05, 0.1) is 50.2 Å². The molecule has 0 unspecified atom stereocenters. The Morgan fingerprint density at radius 3 is 0.897 bits per heavy atom. The maximum absolute atomic E-state index is 11.5. The number of aromatic nitrogens is 6. The van der Waals surface area contributed by atoms with Gasteiger partial charge in [0.1, 0.15) is 0 Å². The van der Waals surface area contributed by atoms with Gasteiger partial charge >= 0.3 is 0 Å². The van der Waals surface area contributed by atoms with E-state index in [1.807, 2.05) is 91.0 Å². The van der Waals surface area contributed by atoms with E-state index < -0.39 is 0 Å². The fourth-order valence-corrected chi connectivity index (χ4v) is 6.19. The molecular weight excluding hydrogens is 816 g/mol. The maximum atomic E-state index is 11.5. The number of rotatable bonds is 6. The second kappa shape index (κ2) is 18.3. The SMILES string of the molecule is C=CC(=O)Nc1cc2cccnc2c2ncccc12.C=CC(=O)Nc1cc2cccnc2c2ncccc12.C=CC(=O)Nc1cc2cccnc2c2ncccc12.[Ru]. The summed E-state index contributed by atoms with van der Waals surface area (Å²) >= 11 is 0. The minimum atomic E-state index is -0.242. The van der Waals surface area contributed by atoms with Gasteiger partial charge in [-0.05, 0) is 91.0 Å². The molecule has 0 aliphatic heterocycles. The van der Waals surface area contributed by atoms with Crippen molar-refractivity contribution in [1.29, 1.82) is 0 Å². The van der Waals surface area contributed by atoms with E-state index in [-0.39, 0.29) is 37.2 Å². The van der Waals surface area contributed by atoms with Crippen molar-refractivity contribution in [2.24, 2.45) is 0 Å². The zero-order valence-electron chi connectivity index (χ0n) is 30.7. The van der Waals surface area contributed by atoms with Crippen molar-refractivity contribution in [3.05, 3.63) is 166 Å². The van der Waals surface area contributed by atoms with Crippen LogP contribution in [0.3, 0.4) is 0 Å². The molecule has 9 aromatic rings. The van der Waals surface area contributed by atoms with Gasteiger partial charge in [-0.25, -0.2) is 0 Å². The largest absolute Gasteiger partial charge is 0.322 e. The fourth-order valence-electron chi connectivity index (χ4n) is 6.19. The minimum Gasteiger partial charge on any atom is -0.322 e. The van der Waals surface area contributed by atoms with Crippen LogP contribution in [0.25, 0.3) is 65.4 Å². The van der Waals surface area contributed by atoms with E-state index in [0.29, 0.717) is 17.1 Å². The van der Waals surface area contributed by atoms with Crippen molar-refractivity contribution in [2.45, 2.75) is 0 Å². The topological polar surface area (TPSA) is 165 Å². The zero-order valence-corrected chi connectivity index (χ0v) is 32.5. The Hall–Kier alpha value is -7.63. The molecule has 13 heteroatoms. The van der Waals surface area contributed by atoms with Gasteiger partial charge in [-0.3, -0.25) is 44.3 Å². The van der Waals surface area contributed by atoms with Crippen molar-refractivity contribution < 1.29 is 33.9 Å². The summed E-state index contributed by atoms with van der Waals surface area (Å²) in [6.45, 7) is 10.4. The number of benzene rings is 3. The third kappa shape index (κ3) is 8.60. The molecule has 0 radical (unpaired) electrons. The van der Waals surface area contributed by atoms with Gasteiger partial charge in [0, 0.05) is 89.0 Å². The van der Waals surface area contributed by atoms with Crippen LogP contribution in [0.1, 0.15) is 0 Å².